The molecule has 0 saturated heterocycles. The van der Waals surface area contributed by atoms with Crippen molar-refractivity contribution in [2.45, 2.75) is 26.7 Å². The number of fused-ring (bicyclic) bond motifs is 1. The van der Waals surface area contributed by atoms with E-state index in [4.69, 9.17) is 0 Å². The Balaban J connectivity index is 1.58. The molecule has 0 atom stereocenters. The van der Waals surface area contributed by atoms with Crippen molar-refractivity contribution in [3.05, 3.63) is 53.2 Å². The van der Waals surface area contributed by atoms with Gasteiger partial charge in [0.15, 0.2) is 5.69 Å². The van der Waals surface area contributed by atoms with Gasteiger partial charge in [-0.25, -0.2) is 0 Å². The maximum absolute atomic E-state index is 12.7. The molecule has 2 aromatic carbocycles. The largest absolute Gasteiger partial charge is 0.326 e. The first-order valence-corrected chi connectivity index (χ1v) is 8.69. The fourth-order valence-electron chi connectivity index (χ4n) is 2.91. The minimum atomic E-state index is -0.282. The second kappa shape index (κ2) is 6.29. The number of rotatable bonds is 4. The van der Waals surface area contributed by atoms with Crippen molar-refractivity contribution in [3.8, 4) is 0 Å². The van der Waals surface area contributed by atoms with E-state index in [-0.39, 0.29) is 17.7 Å². The van der Waals surface area contributed by atoms with E-state index < -0.39 is 0 Å². The Labute approximate surface area is 151 Å². The van der Waals surface area contributed by atoms with Crippen LogP contribution < -0.4 is 10.6 Å². The van der Waals surface area contributed by atoms with Crippen molar-refractivity contribution in [2.75, 3.05) is 10.6 Å². The van der Waals surface area contributed by atoms with Crippen LogP contribution in [0.2, 0.25) is 0 Å². The number of benzene rings is 2. The lowest BCUT2D eigenvalue weighted by molar-refractivity contribution is -0.117. The maximum atomic E-state index is 12.7. The van der Waals surface area contributed by atoms with Gasteiger partial charge in [0.2, 0.25) is 5.91 Å². The molecule has 3 aromatic rings. The lowest BCUT2D eigenvalue weighted by Crippen LogP contribution is -2.16. The number of H-pyrrole nitrogens is 1. The lowest BCUT2D eigenvalue weighted by Gasteiger charge is -2.11. The van der Waals surface area contributed by atoms with Gasteiger partial charge < -0.3 is 10.6 Å². The van der Waals surface area contributed by atoms with Crippen molar-refractivity contribution in [1.82, 2.24) is 10.2 Å². The number of carbonyl (C=O) groups excluding carboxylic acids is 2. The molecule has 1 aliphatic rings. The summed E-state index contributed by atoms with van der Waals surface area (Å²) in [5.41, 5.74) is 4.50. The molecule has 1 aliphatic carbocycles. The van der Waals surface area contributed by atoms with Crippen molar-refractivity contribution in [3.63, 3.8) is 0 Å². The molecule has 0 aliphatic heterocycles. The Bertz CT molecular complexity index is 1020. The number of hydrogen-bond acceptors (Lipinski definition) is 3. The first kappa shape index (κ1) is 16.3. The summed E-state index contributed by atoms with van der Waals surface area (Å²) in [6.07, 6.45) is 1.90. The Hall–Kier alpha value is -3.15. The summed E-state index contributed by atoms with van der Waals surface area (Å²) in [7, 11) is 0. The van der Waals surface area contributed by atoms with Crippen LogP contribution in [0.5, 0.6) is 0 Å². The van der Waals surface area contributed by atoms with Crippen LogP contribution in [0.25, 0.3) is 10.9 Å². The van der Waals surface area contributed by atoms with Gasteiger partial charge in [0, 0.05) is 22.7 Å². The van der Waals surface area contributed by atoms with Crippen LogP contribution in [0.1, 0.15) is 34.5 Å². The van der Waals surface area contributed by atoms with Gasteiger partial charge in [-0.15, -0.1) is 0 Å². The maximum Gasteiger partial charge on any atom is 0.276 e. The van der Waals surface area contributed by atoms with E-state index >= 15 is 0 Å². The third-order valence-corrected chi connectivity index (χ3v) is 4.63. The summed E-state index contributed by atoms with van der Waals surface area (Å²) in [5, 5.41) is 13.6. The van der Waals surface area contributed by atoms with Gasteiger partial charge in [0.25, 0.3) is 5.91 Å². The van der Waals surface area contributed by atoms with Crippen LogP contribution >= 0.6 is 0 Å². The fraction of sp³-hybridized carbons (Fsp3) is 0.250. The van der Waals surface area contributed by atoms with Gasteiger partial charge in [-0.3, -0.25) is 14.7 Å². The third kappa shape index (κ3) is 3.18. The second-order valence-electron chi connectivity index (χ2n) is 6.87. The first-order chi connectivity index (χ1) is 12.5. The monoisotopic (exact) mass is 348 g/mol. The van der Waals surface area contributed by atoms with Crippen LogP contribution in [0, 0.1) is 19.8 Å². The van der Waals surface area contributed by atoms with Crippen molar-refractivity contribution in [1.29, 1.82) is 0 Å². The van der Waals surface area contributed by atoms with Crippen molar-refractivity contribution >= 4 is 34.1 Å². The van der Waals surface area contributed by atoms with E-state index in [9.17, 15) is 9.59 Å². The predicted octanol–water partition coefficient (Wildman–Crippen LogP) is 3.78. The fourth-order valence-corrected chi connectivity index (χ4v) is 2.91. The summed E-state index contributed by atoms with van der Waals surface area (Å²) in [6, 6.07) is 11.3. The molecular weight excluding hydrogens is 328 g/mol. The van der Waals surface area contributed by atoms with Crippen LogP contribution in [-0.4, -0.2) is 22.0 Å². The van der Waals surface area contributed by atoms with E-state index in [2.05, 4.69) is 20.8 Å². The predicted molar refractivity (Wildman–Crippen MR) is 101 cm³/mol. The van der Waals surface area contributed by atoms with E-state index in [0.717, 1.165) is 34.9 Å². The highest BCUT2D eigenvalue weighted by molar-refractivity contribution is 6.11. The highest BCUT2D eigenvalue weighted by Gasteiger charge is 2.29. The summed E-state index contributed by atoms with van der Waals surface area (Å²) in [6.45, 7) is 3.89. The van der Waals surface area contributed by atoms with Gasteiger partial charge in [-0.1, -0.05) is 17.7 Å². The molecule has 0 radical (unpaired) electrons. The number of aromatic amines is 1. The molecule has 1 heterocycles. The van der Waals surface area contributed by atoms with Crippen molar-refractivity contribution in [2.24, 2.45) is 5.92 Å². The number of carbonyl (C=O) groups is 2. The number of hydrogen-bond donors (Lipinski definition) is 3. The molecule has 6 heteroatoms. The number of amides is 2. The standard InChI is InChI=1S/C20H20N4O2/c1-11-3-8-16-15(9-11)18(24-23-16)20(26)22-17-10-14(7-4-12(17)2)21-19(25)13-5-6-13/h3-4,7-10,13H,5-6H2,1-2H3,(H,21,25)(H,22,26)(H,23,24). The Morgan fingerprint density at radius 3 is 2.65 bits per heavy atom. The number of aryl methyl sites for hydroxylation is 2. The van der Waals surface area contributed by atoms with E-state index in [1.54, 1.807) is 6.07 Å². The average molecular weight is 348 g/mol. The van der Waals surface area contributed by atoms with Crippen LogP contribution in [0.15, 0.2) is 36.4 Å². The molecule has 0 unspecified atom stereocenters. The van der Waals surface area contributed by atoms with E-state index in [1.165, 1.54) is 0 Å². The van der Waals surface area contributed by atoms with Gasteiger partial charge in [-0.05, 0) is 56.5 Å². The van der Waals surface area contributed by atoms with Gasteiger partial charge in [0.05, 0.1) is 5.52 Å². The van der Waals surface area contributed by atoms with Crippen molar-refractivity contribution < 1.29 is 9.59 Å². The summed E-state index contributed by atoms with van der Waals surface area (Å²) >= 11 is 0. The second-order valence-corrected chi connectivity index (χ2v) is 6.87. The Morgan fingerprint density at radius 1 is 1.08 bits per heavy atom. The van der Waals surface area contributed by atoms with Gasteiger partial charge in [0.1, 0.15) is 0 Å². The van der Waals surface area contributed by atoms with Gasteiger partial charge >= 0.3 is 0 Å². The average Bonchev–Trinajstić information content (AvgIpc) is 3.38. The summed E-state index contributed by atoms with van der Waals surface area (Å²) < 4.78 is 0. The molecule has 1 saturated carbocycles. The molecule has 6 nitrogen and oxygen atoms in total. The zero-order chi connectivity index (χ0) is 18.3. The minimum absolute atomic E-state index is 0.0416. The molecule has 132 valence electrons. The Kier molecular flexibility index (Phi) is 3.95. The summed E-state index contributed by atoms with van der Waals surface area (Å²) in [5.74, 6) is -0.108. The normalized spacial score (nSPS) is 13.6. The zero-order valence-corrected chi connectivity index (χ0v) is 14.7. The molecular formula is C20H20N4O2. The van der Waals surface area contributed by atoms with Crippen LogP contribution in [0.3, 0.4) is 0 Å². The van der Waals surface area contributed by atoms with Gasteiger partial charge in [-0.2, -0.15) is 5.10 Å². The minimum Gasteiger partial charge on any atom is -0.326 e. The quantitative estimate of drug-likeness (QED) is 0.670. The van der Waals surface area contributed by atoms with E-state index in [0.29, 0.717) is 17.1 Å². The molecule has 0 spiro atoms. The van der Waals surface area contributed by atoms with Crippen LogP contribution in [0.4, 0.5) is 11.4 Å². The first-order valence-electron chi connectivity index (χ1n) is 8.69. The Morgan fingerprint density at radius 2 is 1.88 bits per heavy atom. The molecule has 26 heavy (non-hydrogen) atoms. The topological polar surface area (TPSA) is 86.9 Å². The number of nitrogens with zero attached hydrogens (tertiary/aromatic N) is 1. The molecule has 1 aromatic heterocycles. The molecule has 4 rings (SSSR count). The van der Waals surface area contributed by atoms with Crippen LogP contribution in [-0.2, 0) is 4.79 Å². The smallest absolute Gasteiger partial charge is 0.276 e. The molecule has 3 N–H and O–H groups in total. The number of aromatic nitrogens is 2. The molecule has 1 fully saturated rings. The third-order valence-electron chi connectivity index (χ3n) is 4.63. The lowest BCUT2D eigenvalue weighted by atomic mass is 10.1. The number of anilines is 2. The highest BCUT2D eigenvalue weighted by Crippen LogP contribution is 2.31. The van der Waals surface area contributed by atoms with E-state index in [1.807, 2.05) is 44.2 Å². The zero-order valence-electron chi connectivity index (χ0n) is 14.7. The summed E-state index contributed by atoms with van der Waals surface area (Å²) in [4.78, 5) is 24.7. The number of nitrogens with one attached hydrogen (secondary N) is 3. The molecule has 2 amide bonds. The highest BCUT2D eigenvalue weighted by atomic mass is 16.2. The molecule has 0 bridgehead atoms. The SMILES string of the molecule is Cc1ccc2[nH]nc(C(=O)Nc3cc(NC(=O)C4CC4)ccc3C)c2c1.